The molecule has 8 rings (SSSR count). The average Bonchev–Trinajstić information content (AvgIpc) is 3.37. The van der Waals surface area contributed by atoms with Crippen molar-refractivity contribution in [3.8, 4) is 35.4 Å². The Morgan fingerprint density at radius 3 is 2.69 bits per heavy atom. The monoisotopic (exact) mass is 699 g/mol. The number of benzene rings is 2. The van der Waals surface area contributed by atoms with Crippen molar-refractivity contribution < 1.29 is 32.8 Å². The van der Waals surface area contributed by atoms with Crippen LogP contribution in [-0.2, 0) is 14.2 Å². The Morgan fingerprint density at radius 1 is 1.04 bits per heavy atom. The Balaban J connectivity index is 1.18. The van der Waals surface area contributed by atoms with Gasteiger partial charge in [0.25, 0.3) is 0 Å². The molecular weight excluding hydrogens is 656 g/mol. The lowest BCUT2D eigenvalue weighted by Gasteiger charge is -2.50. The normalized spacial score (nSPS) is 24.4. The van der Waals surface area contributed by atoms with E-state index in [1.165, 1.54) is 30.5 Å². The summed E-state index contributed by atoms with van der Waals surface area (Å²) in [6.07, 6.45) is 13.2. The van der Waals surface area contributed by atoms with Gasteiger partial charge in [0.05, 0.1) is 43.4 Å². The first-order valence-corrected chi connectivity index (χ1v) is 17.9. The summed E-state index contributed by atoms with van der Waals surface area (Å²) in [5.74, 6) is 0.831. The molecule has 1 aliphatic carbocycles. The molecule has 12 heteroatoms. The summed E-state index contributed by atoms with van der Waals surface area (Å²) in [4.78, 5) is 18.7. The fourth-order valence-electron chi connectivity index (χ4n) is 8.69. The highest BCUT2D eigenvalue weighted by Crippen LogP contribution is 2.49. The van der Waals surface area contributed by atoms with Crippen molar-refractivity contribution in [3.05, 3.63) is 47.7 Å². The molecule has 51 heavy (non-hydrogen) atoms. The number of ether oxygens (including phenoxy) is 4. The minimum atomic E-state index is -0.743. The molecule has 268 valence electrons. The van der Waals surface area contributed by atoms with Crippen molar-refractivity contribution in [1.29, 1.82) is 0 Å². The van der Waals surface area contributed by atoms with E-state index in [2.05, 4.69) is 25.7 Å². The van der Waals surface area contributed by atoms with Gasteiger partial charge in [-0.1, -0.05) is 18.4 Å². The summed E-state index contributed by atoms with van der Waals surface area (Å²) < 4.78 is 56.3. The van der Waals surface area contributed by atoms with Crippen molar-refractivity contribution >= 4 is 27.5 Å². The molecule has 2 aromatic heterocycles. The van der Waals surface area contributed by atoms with Crippen LogP contribution in [0.3, 0.4) is 0 Å². The maximum atomic E-state index is 17.0. The highest BCUT2D eigenvalue weighted by molar-refractivity contribution is 6.03. The van der Waals surface area contributed by atoms with E-state index in [0.717, 1.165) is 45.1 Å². The number of hydrogen-bond acceptors (Lipinski definition) is 10. The molecule has 1 saturated carbocycles. The van der Waals surface area contributed by atoms with E-state index < -0.39 is 17.4 Å². The van der Waals surface area contributed by atoms with Crippen LogP contribution in [0, 0.1) is 29.4 Å². The number of fused-ring (bicyclic) bond motifs is 3. The minimum absolute atomic E-state index is 0.0187. The molecule has 3 aliphatic heterocycles. The molecule has 2 atom stereocenters. The van der Waals surface area contributed by atoms with Crippen molar-refractivity contribution in [2.24, 2.45) is 5.41 Å². The molecule has 0 bridgehead atoms. The van der Waals surface area contributed by atoms with Gasteiger partial charge in [-0.25, -0.2) is 8.78 Å². The average molecular weight is 700 g/mol. The number of likely N-dealkylation sites (tertiary alicyclic amines) is 1. The molecule has 1 N–H and O–H groups in total. The molecule has 5 heterocycles. The summed E-state index contributed by atoms with van der Waals surface area (Å²) in [6, 6.07) is 6.09. The summed E-state index contributed by atoms with van der Waals surface area (Å²) >= 11 is 0. The van der Waals surface area contributed by atoms with Crippen LogP contribution in [0.15, 0.2) is 30.5 Å². The number of anilines is 1. The Morgan fingerprint density at radius 2 is 1.86 bits per heavy atom. The second-order valence-electron chi connectivity index (χ2n) is 14.7. The van der Waals surface area contributed by atoms with Gasteiger partial charge in [-0.05, 0) is 76.1 Å². The molecule has 10 nitrogen and oxygen atoms in total. The quantitative estimate of drug-likeness (QED) is 0.234. The van der Waals surface area contributed by atoms with Gasteiger partial charge in [0.15, 0.2) is 11.6 Å². The maximum Gasteiger partial charge on any atom is 0.319 e. The van der Waals surface area contributed by atoms with Gasteiger partial charge in [-0.3, -0.25) is 9.88 Å². The SMILES string of the molecule is C#Cc1c(F)ccc2cc(O)cc(-c3ncc4c(N5CCCOCC5)nc(OCC56CCCC5N(C5COC(C)(C)OC5)CCC6)nc4c3F)c12. The third-order valence-electron chi connectivity index (χ3n) is 11.2. The molecule has 4 aliphatic rings. The van der Waals surface area contributed by atoms with Crippen LogP contribution in [0.4, 0.5) is 14.6 Å². The van der Waals surface area contributed by atoms with Crippen LogP contribution in [0.2, 0.25) is 0 Å². The number of piperidine rings is 1. The largest absolute Gasteiger partial charge is 0.508 e. The number of terminal acetylenes is 1. The van der Waals surface area contributed by atoms with E-state index >= 15 is 4.39 Å². The highest BCUT2D eigenvalue weighted by Gasteiger charge is 2.51. The molecule has 0 amide bonds. The standard InChI is InChI=1S/C39H43F2N5O5/c1-4-27-30(40)10-9-24-18-26(47)19-28(32(24)27)34-33(41)35-29(20-42-34)36(45-13-7-16-48-17-15-45)44-37(43-35)49-23-39-11-5-8-31(39)46(14-6-12-39)25-21-50-38(2,3)51-22-25/h1,9-10,18-20,25,31,47H,5-8,11-17,21-23H2,2-3H3. The number of rotatable bonds is 6. The Hall–Kier alpha value is -4.15. The Kier molecular flexibility index (Phi) is 8.95. The third-order valence-corrected chi connectivity index (χ3v) is 11.2. The molecule has 4 aromatic rings. The molecule has 0 radical (unpaired) electrons. The molecular formula is C39H43F2N5O5. The zero-order valence-corrected chi connectivity index (χ0v) is 29.1. The molecule has 2 unspecified atom stereocenters. The summed E-state index contributed by atoms with van der Waals surface area (Å²) in [7, 11) is 0. The summed E-state index contributed by atoms with van der Waals surface area (Å²) in [5.41, 5.74) is -0.0829. The molecule has 3 saturated heterocycles. The predicted molar refractivity (Wildman–Crippen MR) is 189 cm³/mol. The number of hydrogen-bond donors (Lipinski definition) is 1. The number of aromatic hydroxyl groups is 1. The number of phenols is 1. The van der Waals surface area contributed by atoms with Gasteiger partial charge in [-0.2, -0.15) is 9.97 Å². The number of phenolic OH excluding ortho intramolecular Hbond substituents is 1. The maximum absolute atomic E-state index is 17.0. The van der Waals surface area contributed by atoms with E-state index in [4.69, 9.17) is 30.4 Å². The van der Waals surface area contributed by atoms with E-state index in [1.54, 1.807) is 0 Å². The van der Waals surface area contributed by atoms with Gasteiger partial charge in [-0.15, -0.1) is 6.42 Å². The number of aromatic nitrogens is 3. The Bertz CT molecular complexity index is 2000. The molecule has 2 aromatic carbocycles. The lowest BCUT2D eigenvalue weighted by molar-refractivity contribution is -0.269. The first-order chi connectivity index (χ1) is 24.7. The minimum Gasteiger partial charge on any atom is -0.508 e. The van der Waals surface area contributed by atoms with Crippen LogP contribution >= 0.6 is 0 Å². The number of nitrogens with zero attached hydrogens (tertiary/aromatic N) is 5. The van der Waals surface area contributed by atoms with Crippen LogP contribution in [0.5, 0.6) is 11.8 Å². The van der Waals surface area contributed by atoms with Crippen molar-refractivity contribution in [1.82, 2.24) is 19.9 Å². The fourth-order valence-corrected chi connectivity index (χ4v) is 8.69. The topological polar surface area (TPSA) is 102 Å². The zero-order valence-electron chi connectivity index (χ0n) is 29.1. The third kappa shape index (κ3) is 6.24. The second kappa shape index (κ2) is 13.4. The van der Waals surface area contributed by atoms with Gasteiger partial charge in [0.2, 0.25) is 0 Å². The van der Waals surface area contributed by atoms with Crippen molar-refractivity contribution in [2.45, 2.75) is 70.2 Å². The predicted octanol–water partition coefficient (Wildman–Crippen LogP) is 6.20. The van der Waals surface area contributed by atoms with Gasteiger partial charge < -0.3 is 29.0 Å². The first-order valence-electron chi connectivity index (χ1n) is 17.9. The van der Waals surface area contributed by atoms with E-state index in [-0.39, 0.29) is 50.9 Å². The van der Waals surface area contributed by atoms with Gasteiger partial charge in [0, 0.05) is 48.3 Å². The number of halogens is 2. The van der Waals surface area contributed by atoms with Gasteiger partial charge >= 0.3 is 6.01 Å². The zero-order chi connectivity index (χ0) is 35.3. The molecule has 0 spiro atoms. The van der Waals surface area contributed by atoms with Crippen LogP contribution in [0.1, 0.15) is 57.9 Å². The van der Waals surface area contributed by atoms with Crippen LogP contribution in [0.25, 0.3) is 32.9 Å². The first kappa shape index (κ1) is 34.0. The van der Waals surface area contributed by atoms with Crippen LogP contribution in [-0.4, -0.2) is 95.5 Å². The second-order valence-corrected chi connectivity index (χ2v) is 14.7. The summed E-state index contributed by atoms with van der Waals surface area (Å²) in [6.45, 7) is 8.84. The van der Waals surface area contributed by atoms with Gasteiger partial charge in [0.1, 0.15) is 28.6 Å². The lowest BCUT2D eigenvalue weighted by Crippen LogP contribution is -2.60. The smallest absolute Gasteiger partial charge is 0.319 e. The number of pyridine rings is 1. The van der Waals surface area contributed by atoms with E-state index in [9.17, 15) is 9.50 Å². The van der Waals surface area contributed by atoms with Crippen LogP contribution < -0.4 is 9.64 Å². The summed E-state index contributed by atoms with van der Waals surface area (Å²) in [5, 5.41) is 11.8. The lowest BCUT2D eigenvalue weighted by atomic mass is 9.75. The fraction of sp³-hybridized carbons (Fsp3) is 0.513. The van der Waals surface area contributed by atoms with E-state index in [1.807, 2.05) is 13.8 Å². The molecule has 4 fully saturated rings. The van der Waals surface area contributed by atoms with E-state index in [0.29, 0.717) is 68.8 Å². The Labute approximate surface area is 296 Å². The van der Waals surface area contributed by atoms with Crippen molar-refractivity contribution in [3.63, 3.8) is 0 Å². The van der Waals surface area contributed by atoms with Crippen molar-refractivity contribution in [2.75, 3.05) is 57.6 Å². The highest BCUT2D eigenvalue weighted by atomic mass is 19.1.